The highest BCUT2D eigenvalue weighted by Gasteiger charge is 2.50. The number of amides is 1. The fraction of sp³-hybridized carbons (Fsp3) is 0.636. The summed E-state index contributed by atoms with van der Waals surface area (Å²) in [5, 5.41) is 0. The number of carbonyl (C=O) groups is 2. The second-order valence-electron chi connectivity index (χ2n) is 4.54. The van der Waals surface area contributed by atoms with Crippen molar-refractivity contribution >= 4 is 11.9 Å². The predicted molar refractivity (Wildman–Crippen MR) is 57.4 cm³/mol. The molecule has 5 nitrogen and oxygen atoms in total. The van der Waals surface area contributed by atoms with Crippen LogP contribution in [0.15, 0.2) is 12.2 Å². The van der Waals surface area contributed by atoms with Gasteiger partial charge in [0.1, 0.15) is 0 Å². The second kappa shape index (κ2) is 3.90. The zero-order valence-electron chi connectivity index (χ0n) is 9.31. The van der Waals surface area contributed by atoms with E-state index in [9.17, 15) is 9.59 Å². The third-order valence-corrected chi connectivity index (χ3v) is 3.57. The molecule has 0 aromatic rings. The summed E-state index contributed by atoms with van der Waals surface area (Å²) in [4.78, 5) is 24.2. The van der Waals surface area contributed by atoms with Gasteiger partial charge in [0, 0.05) is 30.8 Å². The van der Waals surface area contributed by atoms with Crippen molar-refractivity contribution in [1.29, 1.82) is 0 Å². The SMILES string of the molecule is COC(=O)/C=C/C(=O)N1CC2CCC2(N)C1. The van der Waals surface area contributed by atoms with Gasteiger partial charge in [0.05, 0.1) is 7.11 Å². The first-order chi connectivity index (χ1) is 7.55. The van der Waals surface area contributed by atoms with E-state index in [0.717, 1.165) is 18.9 Å². The number of ether oxygens (including phenoxy) is 1. The van der Waals surface area contributed by atoms with Crippen molar-refractivity contribution in [2.45, 2.75) is 18.4 Å². The lowest BCUT2D eigenvalue weighted by Crippen LogP contribution is -2.54. The molecule has 0 spiro atoms. The van der Waals surface area contributed by atoms with Gasteiger partial charge in [-0.25, -0.2) is 4.79 Å². The van der Waals surface area contributed by atoms with Gasteiger partial charge in [0.15, 0.2) is 0 Å². The molecule has 0 bridgehead atoms. The van der Waals surface area contributed by atoms with E-state index in [4.69, 9.17) is 5.73 Å². The average Bonchev–Trinajstić information content (AvgIpc) is 2.49. The number of hydrogen-bond donors (Lipinski definition) is 1. The standard InChI is InChI=1S/C11H16N2O3/c1-16-10(15)3-2-9(14)13-6-8-4-5-11(8,12)7-13/h2-3,8H,4-7,12H2,1H3/b3-2+. The van der Waals surface area contributed by atoms with Gasteiger partial charge in [0.25, 0.3) is 0 Å². The second-order valence-corrected chi connectivity index (χ2v) is 4.54. The molecule has 2 N–H and O–H groups in total. The van der Waals surface area contributed by atoms with E-state index in [0.29, 0.717) is 19.0 Å². The van der Waals surface area contributed by atoms with E-state index in [1.807, 2.05) is 0 Å². The Kier molecular flexibility index (Phi) is 2.71. The van der Waals surface area contributed by atoms with Crippen LogP contribution in [0.3, 0.4) is 0 Å². The van der Waals surface area contributed by atoms with E-state index in [2.05, 4.69) is 4.74 Å². The molecular formula is C11H16N2O3. The molecule has 16 heavy (non-hydrogen) atoms. The summed E-state index contributed by atoms with van der Waals surface area (Å²) in [5.41, 5.74) is 5.94. The average molecular weight is 224 g/mol. The Morgan fingerprint density at radius 3 is 2.69 bits per heavy atom. The van der Waals surface area contributed by atoms with Crippen LogP contribution in [-0.2, 0) is 14.3 Å². The topological polar surface area (TPSA) is 72.6 Å². The fourth-order valence-electron chi connectivity index (χ4n) is 2.37. The van der Waals surface area contributed by atoms with Crippen molar-refractivity contribution in [2.24, 2.45) is 11.7 Å². The van der Waals surface area contributed by atoms with Crippen LogP contribution in [0.2, 0.25) is 0 Å². The van der Waals surface area contributed by atoms with E-state index in [-0.39, 0.29) is 11.4 Å². The van der Waals surface area contributed by atoms with Gasteiger partial charge in [-0.3, -0.25) is 4.79 Å². The smallest absolute Gasteiger partial charge is 0.330 e. The molecule has 2 fully saturated rings. The summed E-state index contributed by atoms with van der Waals surface area (Å²) in [5.74, 6) is -0.245. The number of carbonyl (C=O) groups excluding carboxylic acids is 2. The van der Waals surface area contributed by atoms with Crippen molar-refractivity contribution < 1.29 is 14.3 Å². The van der Waals surface area contributed by atoms with E-state index >= 15 is 0 Å². The Labute approximate surface area is 94.2 Å². The Morgan fingerprint density at radius 1 is 1.50 bits per heavy atom. The molecule has 1 saturated carbocycles. The van der Waals surface area contributed by atoms with Crippen molar-refractivity contribution in [2.75, 3.05) is 20.2 Å². The zero-order chi connectivity index (χ0) is 11.8. The molecule has 1 aliphatic heterocycles. The van der Waals surface area contributed by atoms with Crippen LogP contribution < -0.4 is 5.73 Å². The van der Waals surface area contributed by atoms with E-state index in [1.165, 1.54) is 13.2 Å². The molecular weight excluding hydrogens is 208 g/mol. The van der Waals surface area contributed by atoms with Crippen LogP contribution in [-0.4, -0.2) is 42.5 Å². The number of likely N-dealkylation sites (tertiary alicyclic amines) is 1. The lowest BCUT2D eigenvalue weighted by Gasteiger charge is -2.39. The van der Waals surface area contributed by atoms with Crippen molar-refractivity contribution in [3.63, 3.8) is 0 Å². The maximum atomic E-state index is 11.7. The monoisotopic (exact) mass is 224 g/mol. The van der Waals surface area contributed by atoms with Crippen LogP contribution >= 0.6 is 0 Å². The largest absolute Gasteiger partial charge is 0.466 e. The number of fused-ring (bicyclic) bond motifs is 1. The van der Waals surface area contributed by atoms with E-state index < -0.39 is 5.97 Å². The first kappa shape index (κ1) is 11.1. The molecule has 88 valence electrons. The first-order valence-electron chi connectivity index (χ1n) is 5.39. The van der Waals surface area contributed by atoms with Gasteiger partial charge in [-0.1, -0.05) is 0 Å². The number of esters is 1. The molecule has 1 saturated heterocycles. The number of nitrogens with zero attached hydrogens (tertiary/aromatic N) is 1. The molecule has 2 rings (SSSR count). The molecule has 2 aliphatic rings. The highest BCUT2D eigenvalue weighted by atomic mass is 16.5. The normalized spacial score (nSPS) is 32.4. The molecule has 1 heterocycles. The summed E-state index contributed by atoms with van der Waals surface area (Å²) in [6, 6.07) is 0. The maximum absolute atomic E-state index is 11.7. The molecule has 0 aromatic heterocycles. The van der Waals surface area contributed by atoms with Crippen LogP contribution in [0.1, 0.15) is 12.8 Å². The molecule has 1 aliphatic carbocycles. The highest BCUT2D eigenvalue weighted by molar-refractivity contribution is 5.94. The highest BCUT2D eigenvalue weighted by Crippen LogP contribution is 2.42. The molecule has 1 amide bonds. The van der Waals surface area contributed by atoms with Crippen LogP contribution in [0.4, 0.5) is 0 Å². The van der Waals surface area contributed by atoms with Crippen LogP contribution in [0, 0.1) is 5.92 Å². The minimum absolute atomic E-state index is 0.162. The first-order valence-corrected chi connectivity index (χ1v) is 5.39. The maximum Gasteiger partial charge on any atom is 0.330 e. The van der Waals surface area contributed by atoms with Crippen LogP contribution in [0.25, 0.3) is 0 Å². The lowest BCUT2D eigenvalue weighted by atomic mass is 9.70. The minimum atomic E-state index is -0.516. The lowest BCUT2D eigenvalue weighted by molar-refractivity contribution is -0.135. The number of hydrogen-bond acceptors (Lipinski definition) is 4. The van der Waals surface area contributed by atoms with Crippen LogP contribution in [0.5, 0.6) is 0 Å². The van der Waals surface area contributed by atoms with E-state index in [1.54, 1.807) is 4.90 Å². The Bertz CT molecular complexity index is 353. The fourth-order valence-corrected chi connectivity index (χ4v) is 2.37. The molecule has 0 radical (unpaired) electrons. The third kappa shape index (κ3) is 1.82. The van der Waals surface area contributed by atoms with Crippen molar-refractivity contribution in [3.05, 3.63) is 12.2 Å². The zero-order valence-corrected chi connectivity index (χ0v) is 9.31. The van der Waals surface area contributed by atoms with Gasteiger partial charge in [-0.2, -0.15) is 0 Å². The van der Waals surface area contributed by atoms with Crippen molar-refractivity contribution in [1.82, 2.24) is 4.90 Å². The molecule has 0 aromatic carbocycles. The van der Waals surface area contributed by atoms with Gasteiger partial charge < -0.3 is 15.4 Å². The minimum Gasteiger partial charge on any atom is -0.466 e. The van der Waals surface area contributed by atoms with Gasteiger partial charge in [-0.05, 0) is 18.8 Å². The number of methoxy groups -OCH3 is 1. The molecule has 5 heteroatoms. The number of rotatable bonds is 2. The molecule has 2 atom stereocenters. The number of nitrogens with two attached hydrogens (primary N) is 1. The molecule has 2 unspecified atom stereocenters. The Balaban J connectivity index is 1.92. The summed E-state index contributed by atoms with van der Waals surface area (Å²) in [7, 11) is 1.28. The summed E-state index contributed by atoms with van der Waals surface area (Å²) in [6.07, 6.45) is 4.48. The summed E-state index contributed by atoms with van der Waals surface area (Å²) >= 11 is 0. The summed E-state index contributed by atoms with van der Waals surface area (Å²) in [6.45, 7) is 1.31. The Morgan fingerprint density at radius 2 is 2.25 bits per heavy atom. The van der Waals surface area contributed by atoms with Gasteiger partial charge in [-0.15, -0.1) is 0 Å². The quantitative estimate of drug-likeness (QED) is 0.514. The van der Waals surface area contributed by atoms with Crippen molar-refractivity contribution in [3.8, 4) is 0 Å². The van der Waals surface area contributed by atoms with Gasteiger partial charge >= 0.3 is 5.97 Å². The Hall–Kier alpha value is -1.36. The van der Waals surface area contributed by atoms with Gasteiger partial charge in [0.2, 0.25) is 5.91 Å². The summed E-state index contributed by atoms with van der Waals surface area (Å²) < 4.78 is 4.42. The third-order valence-electron chi connectivity index (χ3n) is 3.57. The predicted octanol–water partition coefficient (Wildman–Crippen LogP) is -0.335.